The Kier molecular flexibility index (Phi) is 3.36. The van der Waals surface area contributed by atoms with Gasteiger partial charge >= 0.3 is 0 Å². The van der Waals surface area contributed by atoms with Gasteiger partial charge < -0.3 is 4.90 Å². The molecular weight excluding hydrogens is 231 g/mol. The Morgan fingerprint density at radius 1 is 1.24 bits per heavy atom. The van der Waals surface area contributed by atoms with Crippen LogP contribution >= 0.6 is 0 Å². The van der Waals surface area contributed by atoms with E-state index < -0.39 is 12.1 Å². The molecule has 98 valence electrons. The van der Waals surface area contributed by atoms with E-state index in [0.29, 0.717) is 6.54 Å². The number of hydrogen-bond donors (Lipinski definition) is 0. The Balaban J connectivity index is 1.89. The van der Waals surface area contributed by atoms with Crippen molar-refractivity contribution >= 4 is 5.91 Å². The number of likely N-dealkylation sites (tertiary alicyclic amines) is 1. The fourth-order valence-electron chi connectivity index (χ4n) is 2.65. The minimum absolute atomic E-state index is 0.132. The first-order valence-corrected chi connectivity index (χ1v) is 6.20. The molecule has 0 radical (unpaired) electrons. The quantitative estimate of drug-likeness (QED) is 0.699. The van der Waals surface area contributed by atoms with Gasteiger partial charge in [0.05, 0.1) is 6.54 Å². The molecule has 1 heterocycles. The van der Waals surface area contributed by atoms with Crippen molar-refractivity contribution in [3.05, 3.63) is 0 Å². The topological polar surface area (TPSA) is 20.3 Å². The van der Waals surface area contributed by atoms with E-state index in [1.807, 2.05) is 0 Å². The van der Waals surface area contributed by atoms with Crippen LogP contribution in [0.2, 0.25) is 0 Å². The molecule has 1 aliphatic heterocycles. The average Bonchev–Trinajstić information content (AvgIpc) is 2.58. The van der Waals surface area contributed by atoms with Crippen molar-refractivity contribution in [1.82, 2.24) is 4.90 Å². The van der Waals surface area contributed by atoms with Crippen LogP contribution in [0.3, 0.4) is 0 Å². The molecule has 2 rings (SSSR count). The molecule has 1 aliphatic carbocycles. The molecule has 0 aromatic rings. The van der Waals surface area contributed by atoms with Crippen LogP contribution in [-0.4, -0.2) is 36.0 Å². The molecule has 2 atom stereocenters. The van der Waals surface area contributed by atoms with Crippen molar-refractivity contribution in [2.24, 2.45) is 11.8 Å². The third-order valence-corrected chi connectivity index (χ3v) is 3.90. The number of amides is 1. The molecule has 0 aromatic carbocycles. The van der Waals surface area contributed by atoms with E-state index in [2.05, 4.69) is 0 Å². The fourth-order valence-corrected chi connectivity index (χ4v) is 2.65. The molecule has 0 N–H and O–H groups in total. The zero-order valence-corrected chi connectivity index (χ0v) is 9.96. The molecule has 2 nitrogen and oxygen atoms in total. The number of nitrogens with zero attached hydrogens (tertiary/aromatic N) is 1. The Hall–Kier alpha value is -0.740. The number of carbonyl (C=O) groups is 1. The van der Waals surface area contributed by atoms with Gasteiger partial charge in [0.15, 0.2) is 0 Å². The summed E-state index contributed by atoms with van der Waals surface area (Å²) in [6.45, 7) is 2.33. The highest BCUT2D eigenvalue weighted by Gasteiger charge is 2.41. The molecule has 1 saturated heterocycles. The maximum atomic E-state index is 13.3. The molecule has 17 heavy (non-hydrogen) atoms. The van der Waals surface area contributed by atoms with Crippen LogP contribution in [0.15, 0.2) is 0 Å². The highest BCUT2D eigenvalue weighted by molar-refractivity contribution is 5.79. The lowest BCUT2D eigenvalue weighted by Crippen LogP contribution is -2.38. The predicted molar refractivity (Wildman–Crippen MR) is 57.5 cm³/mol. The smallest absolute Gasteiger partial charge is 0.248 e. The lowest BCUT2D eigenvalue weighted by molar-refractivity contribution is -0.138. The van der Waals surface area contributed by atoms with E-state index in [0.717, 1.165) is 0 Å². The zero-order chi connectivity index (χ0) is 12.6. The first-order chi connectivity index (χ1) is 7.89. The van der Waals surface area contributed by atoms with Crippen molar-refractivity contribution in [3.8, 4) is 0 Å². The maximum absolute atomic E-state index is 13.3. The SMILES string of the molecule is CC1CN(C(=O)C2CCC(F)(F)CC2)CC1F. The van der Waals surface area contributed by atoms with Crippen LogP contribution in [0, 0.1) is 11.8 Å². The van der Waals surface area contributed by atoms with Crippen molar-refractivity contribution in [3.63, 3.8) is 0 Å². The fraction of sp³-hybridized carbons (Fsp3) is 0.917. The molecule has 5 heteroatoms. The van der Waals surface area contributed by atoms with Crippen LogP contribution < -0.4 is 0 Å². The number of alkyl halides is 3. The number of carbonyl (C=O) groups excluding carboxylic acids is 1. The molecule has 2 fully saturated rings. The maximum Gasteiger partial charge on any atom is 0.248 e. The highest BCUT2D eigenvalue weighted by atomic mass is 19.3. The second kappa shape index (κ2) is 4.50. The first-order valence-electron chi connectivity index (χ1n) is 6.20. The Morgan fingerprint density at radius 3 is 2.29 bits per heavy atom. The number of rotatable bonds is 1. The largest absolute Gasteiger partial charge is 0.339 e. The minimum Gasteiger partial charge on any atom is -0.339 e. The minimum atomic E-state index is -2.61. The summed E-state index contributed by atoms with van der Waals surface area (Å²) in [5.41, 5.74) is 0. The van der Waals surface area contributed by atoms with Gasteiger partial charge in [-0.25, -0.2) is 13.2 Å². The van der Waals surface area contributed by atoms with E-state index in [9.17, 15) is 18.0 Å². The Morgan fingerprint density at radius 2 is 1.82 bits per heavy atom. The summed E-state index contributed by atoms with van der Waals surface area (Å²) < 4.78 is 39.2. The van der Waals surface area contributed by atoms with Crippen LogP contribution in [0.5, 0.6) is 0 Å². The molecular formula is C12H18F3NO. The summed E-state index contributed by atoms with van der Waals surface area (Å²) in [6.07, 6.45) is -0.942. The zero-order valence-electron chi connectivity index (χ0n) is 9.96. The van der Waals surface area contributed by atoms with Gasteiger partial charge in [-0.05, 0) is 12.8 Å². The van der Waals surface area contributed by atoms with Gasteiger partial charge in [-0.15, -0.1) is 0 Å². The van der Waals surface area contributed by atoms with E-state index >= 15 is 0 Å². The average molecular weight is 249 g/mol. The number of hydrogen-bond acceptors (Lipinski definition) is 1. The molecule has 2 aliphatic rings. The van der Waals surface area contributed by atoms with Gasteiger partial charge in [0.2, 0.25) is 11.8 Å². The van der Waals surface area contributed by atoms with Gasteiger partial charge in [0.25, 0.3) is 0 Å². The van der Waals surface area contributed by atoms with Gasteiger partial charge in [-0.3, -0.25) is 4.79 Å². The van der Waals surface area contributed by atoms with E-state index in [-0.39, 0.29) is 50.0 Å². The van der Waals surface area contributed by atoms with Crippen molar-refractivity contribution in [2.75, 3.05) is 13.1 Å². The lowest BCUT2D eigenvalue weighted by atomic mass is 9.86. The lowest BCUT2D eigenvalue weighted by Gasteiger charge is -2.30. The van der Waals surface area contributed by atoms with Crippen molar-refractivity contribution in [2.45, 2.75) is 44.7 Å². The summed E-state index contributed by atoms with van der Waals surface area (Å²) in [4.78, 5) is 13.5. The molecule has 0 aromatic heterocycles. The van der Waals surface area contributed by atoms with E-state index in [4.69, 9.17) is 0 Å². The summed E-state index contributed by atoms with van der Waals surface area (Å²) >= 11 is 0. The van der Waals surface area contributed by atoms with Gasteiger partial charge in [-0.1, -0.05) is 6.92 Å². The highest BCUT2D eigenvalue weighted by Crippen LogP contribution is 2.37. The molecule has 2 unspecified atom stereocenters. The third kappa shape index (κ3) is 2.75. The first kappa shape index (κ1) is 12.7. The van der Waals surface area contributed by atoms with Gasteiger partial charge in [0, 0.05) is 31.2 Å². The summed E-state index contributed by atoms with van der Waals surface area (Å²) in [5, 5.41) is 0. The summed E-state index contributed by atoms with van der Waals surface area (Å²) in [6, 6.07) is 0. The van der Waals surface area contributed by atoms with E-state index in [1.165, 1.54) is 4.90 Å². The monoisotopic (exact) mass is 249 g/mol. The number of halogens is 3. The van der Waals surface area contributed by atoms with Gasteiger partial charge in [0.1, 0.15) is 6.17 Å². The molecule has 0 spiro atoms. The van der Waals surface area contributed by atoms with Crippen molar-refractivity contribution in [1.29, 1.82) is 0 Å². The standard InChI is InChI=1S/C12H18F3NO/c1-8-6-16(7-10(8)13)11(17)9-2-4-12(14,15)5-3-9/h8-10H,2-7H2,1H3. The molecule has 0 bridgehead atoms. The van der Waals surface area contributed by atoms with Gasteiger partial charge in [-0.2, -0.15) is 0 Å². The second-order valence-electron chi connectivity index (χ2n) is 5.37. The Labute approximate surface area is 99.2 Å². The Bertz CT molecular complexity index is 288. The van der Waals surface area contributed by atoms with Crippen LogP contribution in [0.1, 0.15) is 32.6 Å². The summed E-state index contributed by atoms with van der Waals surface area (Å²) in [5.74, 6) is -3.21. The van der Waals surface area contributed by atoms with Crippen molar-refractivity contribution < 1.29 is 18.0 Å². The van der Waals surface area contributed by atoms with Crippen LogP contribution in [0.25, 0.3) is 0 Å². The molecule has 1 saturated carbocycles. The third-order valence-electron chi connectivity index (χ3n) is 3.90. The summed E-state index contributed by atoms with van der Waals surface area (Å²) in [7, 11) is 0. The van der Waals surface area contributed by atoms with E-state index in [1.54, 1.807) is 6.92 Å². The van der Waals surface area contributed by atoms with Crippen LogP contribution in [-0.2, 0) is 4.79 Å². The second-order valence-corrected chi connectivity index (χ2v) is 5.37. The van der Waals surface area contributed by atoms with Crippen LogP contribution in [0.4, 0.5) is 13.2 Å². The molecule has 1 amide bonds. The predicted octanol–water partition coefficient (Wildman–Crippen LogP) is 2.63. The normalized spacial score (nSPS) is 34.0.